The average molecular weight is 399 g/mol. The molecule has 144 valence electrons. The van der Waals surface area contributed by atoms with Crippen LogP contribution in [-0.2, 0) is 10.0 Å². The van der Waals surface area contributed by atoms with E-state index in [1.807, 2.05) is 0 Å². The van der Waals surface area contributed by atoms with E-state index in [4.69, 9.17) is 11.5 Å². The quantitative estimate of drug-likeness (QED) is 0.571. The van der Waals surface area contributed by atoms with Crippen LogP contribution in [0.25, 0.3) is 22.3 Å². The van der Waals surface area contributed by atoms with E-state index in [-0.39, 0.29) is 17.1 Å². The lowest BCUT2D eigenvalue weighted by Gasteiger charge is -2.14. The van der Waals surface area contributed by atoms with E-state index in [1.165, 1.54) is 12.1 Å². The SMILES string of the molecule is CS(=O)(=O)Nc1ccc(-c2cc(-c3ccc(F)cc3)cc(C(N)=O)c2N)cc1. The average Bonchev–Trinajstić information content (AvgIpc) is 2.62. The molecule has 0 saturated heterocycles. The number of hydrogen-bond acceptors (Lipinski definition) is 4. The molecular weight excluding hydrogens is 381 g/mol. The Bertz CT molecular complexity index is 1140. The molecule has 0 heterocycles. The second-order valence-electron chi connectivity index (χ2n) is 6.31. The number of sulfonamides is 1. The molecular formula is C20H18FN3O3S. The van der Waals surface area contributed by atoms with Gasteiger partial charge in [0.05, 0.1) is 17.5 Å². The number of rotatable bonds is 5. The van der Waals surface area contributed by atoms with Crippen molar-refractivity contribution >= 4 is 27.3 Å². The third-order valence-corrected chi connectivity index (χ3v) is 4.73. The minimum absolute atomic E-state index is 0.148. The van der Waals surface area contributed by atoms with Gasteiger partial charge in [-0.1, -0.05) is 24.3 Å². The maximum Gasteiger partial charge on any atom is 0.250 e. The van der Waals surface area contributed by atoms with Crippen LogP contribution in [0.1, 0.15) is 10.4 Å². The predicted molar refractivity (Wildman–Crippen MR) is 109 cm³/mol. The zero-order chi connectivity index (χ0) is 20.5. The zero-order valence-corrected chi connectivity index (χ0v) is 15.8. The molecule has 5 N–H and O–H groups in total. The highest BCUT2D eigenvalue weighted by Gasteiger charge is 2.15. The van der Waals surface area contributed by atoms with E-state index >= 15 is 0 Å². The van der Waals surface area contributed by atoms with Gasteiger partial charge >= 0.3 is 0 Å². The normalized spacial score (nSPS) is 11.2. The van der Waals surface area contributed by atoms with Crippen molar-refractivity contribution in [1.29, 1.82) is 0 Å². The summed E-state index contributed by atoms with van der Waals surface area (Å²) in [6, 6.07) is 15.7. The fourth-order valence-corrected chi connectivity index (χ4v) is 3.40. The number of nitrogens with two attached hydrogens (primary N) is 2. The lowest BCUT2D eigenvalue weighted by Crippen LogP contribution is -2.14. The van der Waals surface area contributed by atoms with Crippen LogP contribution >= 0.6 is 0 Å². The summed E-state index contributed by atoms with van der Waals surface area (Å²) < 4.78 is 38.3. The molecule has 1 amide bonds. The van der Waals surface area contributed by atoms with Crippen LogP contribution in [0.3, 0.4) is 0 Å². The summed E-state index contributed by atoms with van der Waals surface area (Å²) in [6.07, 6.45) is 1.06. The van der Waals surface area contributed by atoms with Crippen molar-refractivity contribution in [2.75, 3.05) is 16.7 Å². The third kappa shape index (κ3) is 4.29. The predicted octanol–water partition coefficient (Wildman–Crippen LogP) is 3.21. The fraction of sp³-hybridized carbons (Fsp3) is 0.0500. The number of carbonyl (C=O) groups is 1. The first-order valence-electron chi connectivity index (χ1n) is 8.21. The summed E-state index contributed by atoms with van der Waals surface area (Å²) in [5.41, 5.74) is 15.0. The van der Waals surface area contributed by atoms with Crippen LogP contribution in [0.5, 0.6) is 0 Å². The maximum atomic E-state index is 13.2. The van der Waals surface area contributed by atoms with Gasteiger partial charge in [-0.25, -0.2) is 12.8 Å². The van der Waals surface area contributed by atoms with E-state index < -0.39 is 15.9 Å². The van der Waals surface area contributed by atoms with Crippen molar-refractivity contribution < 1.29 is 17.6 Å². The second-order valence-corrected chi connectivity index (χ2v) is 8.06. The Morgan fingerprint density at radius 3 is 2.04 bits per heavy atom. The molecule has 0 fully saturated rings. The first-order chi connectivity index (χ1) is 13.1. The van der Waals surface area contributed by atoms with E-state index in [0.717, 1.165) is 6.26 Å². The molecule has 3 rings (SSSR count). The Morgan fingerprint density at radius 1 is 0.929 bits per heavy atom. The monoisotopic (exact) mass is 399 g/mol. The number of anilines is 2. The van der Waals surface area contributed by atoms with Gasteiger partial charge < -0.3 is 11.5 Å². The van der Waals surface area contributed by atoms with Gasteiger partial charge in [0.1, 0.15) is 5.82 Å². The van der Waals surface area contributed by atoms with Crippen LogP contribution in [0.15, 0.2) is 60.7 Å². The van der Waals surface area contributed by atoms with Gasteiger partial charge in [0.25, 0.3) is 5.91 Å². The molecule has 0 bridgehead atoms. The van der Waals surface area contributed by atoms with Gasteiger partial charge in [-0.3, -0.25) is 9.52 Å². The molecule has 0 saturated carbocycles. The van der Waals surface area contributed by atoms with Gasteiger partial charge in [-0.05, 0) is 53.1 Å². The molecule has 8 heteroatoms. The Hall–Kier alpha value is -3.39. The number of hydrogen-bond donors (Lipinski definition) is 3. The molecule has 0 unspecified atom stereocenters. The van der Waals surface area contributed by atoms with E-state index in [9.17, 15) is 17.6 Å². The number of nitrogen functional groups attached to an aromatic ring is 1. The van der Waals surface area contributed by atoms with Gasteiger partial charge in [0, 0.05) is 11.3 Å². The second kappa shape index (κ2) is 7.32. The number of nitrogens with one attached hydrogen (secondary N) is 1. The van der Waals surface area contributed by atoms with Crippen LogP contribution < -0.4 is 16.2 Å². The summed E-state index contributed by atoms with van der Waals surface area (Å²) in [7, 11) is -3.39. The fourth-order valence-electron chi connectivity index (χ4n) is 2.84. The van der Waals surface area contributed by atoms with Crippen molar-refractivity contribution in [3.63, 3.8) is 0 Å². The Labute approximate surface area is 162 Å². The summed E-state index contributed by atoms with van der Waals surface area (Å²) in [6.45, 7) is 0. The van der Waals surface area contributed by atoms with Gasteiger partial charge in [0.15, 0.2) is 0 Å². The maximum absolute atomic E-state index is 13.2. The van der Waals surface area contributed by atoms with E-state index in [1.54, 1.807) is 48.5 Å². The smallest absolute Gasteiger partial charge is 0.250 e. The molecule has 6 nitrogen and oxygen atoms in total. The molecule has 0 aliphatic rings. The third-order valence-electron chi connectivity index (χ3n) is 4.12. The first kappa shape index (κ1) is 19.4. The van der Waals surface area contributed by atoms with Gasteiger partial charge in [0.2, 0.25) is 10.0 Å². The molecule has 0 aliphatic heterocycles. The van der Waals surface area contributed by atoms with Crippen LogP contribution in [0, 0.1) is 5.82 Å². The number of carbonyl (C=O) groups excluding carboxylic acids is 1. The van der Waals surface area contributed by atoms with Crippen LogP contribution in [0.4, 0.5) is 15.8 Å². The van der Waals surface area contributed by atoms with Crippen molar-refractivity contribution in [2.24, 2.45) is 5.73 Å². The highest BCUT2D eigenvalue weighted by molar-refractivity contribution is 7.92. The minimum Gasteiger partial charge on any atom is -0.398 e. The van der Waals surface area contributed by atoms with Gasteiger partial charge in [-0.2, -0.15) is 0 Å². The van der Waals surface area contributed by atoms with Crippen molar-refractivity contribution in [2.45, 2.75) is 0 Å². The number of benzene rings is 3. The Kier molecular flexibility index (Phi) is 5.06. The molecule has 0 radical (unpaired) electrons. The highest BCUT2D eigenvalue weighted by Crippen LogP contribution is 2.34. The molecule has 0 aliphatic carbocycles. The lowest BCUT2D eigenvalue weighted by atomic mass is 9.93. The van der Waals surface area contributed by atoms with Crippen LogP contribution in [0.2, 0.25) is 0 Å². The van der Waals surface area contributed by atoms with Crippen LogP contribution in [-0.4, -0.2) is 20.6 Å². The van der Waals surface area contributed by atoms with E-state index in [2.05, 4.69) is 4.72 Å². The Morgan fingerprint density at radius 2 is 1.50 bits per heavy atom. The van der Waals surface area contributed by atoms with Gasteiger partial charge in [-0.15, -0.1) is 0 Å². The Balaban J connectivity index is 2.11. The topological polar surface area (TPSA) is 115 Å². The van der Waals surface area contributed by atoms with Crippen molar-refractivity contribution in [3.8, 4) is 22.3 Å². The molecule has 0 aromatic heterocycles. The lowest BCUT2D eigenvalue weighted by molar-refractivity contribution is 0.100. The summed E-state index contributed by atoms with van der Waals surface area (Å²) >= 11 is 0. The summed E-state index contributed by atoms with van der Waals surface area (Å²) in [5, 5.41) is 0. The number of halogens is 1. The minimum atomic E-state index is -3.39. The summed E-state index contributed by atoms with van der Waals surface area (Å²) in [4.78, 5) is 11.9. The molecule has 28 heavy (non-hydrogen) atoms. The van der Waals surface area contributed by atoms with Crippen molar-refractivity contribution in [1.82, 2.24) is 0 Å². The first-order valence-corrected chi connectivity index (χ1v) is 10.1. The standard InChI is InChI=1S/C20H18FN3O3S/c1-28(26,27)24-16-8-4-13(5-9-16)17-10-14(11-18(19(17)22)20(23)25)12-2-6-15(21)7-3-12/h2-11,24H,22H2,1H3,(H2,23,25). The van der Waals surface area contributed by atoms with Crippen molar-refractivity contribution in [3.05, 3.63) is 72.0 Å². The number of primary amides is 1. The zero-order valence-electron chi connectivity index (χ0n) is 14.9. The summed E-state index contributed by atoms with van der Waals surface area (Å²) in [5.74, 6) is -1.05. The number of amides is 1. The molecule has 3 aromatic carbocycles. The molecule has 0 atom stereocenters. The highest BCUT2D eigenvalue weighted by atomic mass is 32.2. The molecule has 3 aromatic rings. The van der Waals surface area contributed by atoms with E-state index in [0.29, 0.717) is 27.9 Å². The largest absolute Gasteiger partial charge is 0.398 e. The molecule has 0 spiro atoms.